The van der Waals surface area contributed by atoms with Crippen molar-refractivity contribution in [2.45, 2.75) is 6.18 Å². The zero-order valence-corrected chi connectivity index (χ0v) is 12.0. The van der Waals surface area contributed by atoms with E-state index in [1.165, 1.54) is 17.2 Å². The molecule has 0 bridgehead atoms. The SMILES string of the molecule is FC(F)(F)c1ccn(-c2ccc(-c3nc4ncncc4[nH]3)cc2)n1. The van der Waals surface area contributed by atoms with Crippen molar-refractivity contribution in [2.75, 3.05) is 0 Å². The Morgan fingerprint density at radius 2 is 1.83 bits per heavy atom. The molecule has 0 aliphatic heterocycles. The quantitative estimate of drug-likeness (QED) is 0.612. The Morgan fingerprint density at radius 1 is 1.04 bits per heavy atom. The predicted molar refractivity (Wildman–Crippen MR) is 79.2 cm³/mol. The maximum Gasteiger partial charge on any atom is 0.435 e. The molecule has 0 radical (unpaired) electrons. The van der Waals surface area contributed by atoms with Crippen molar-refractivity contribution in [3.8, 4) is 17.1 Å². The minimum atomic E-state index is -4.46. The first-order chi connectivity index (χ1) is 11.5. The topological polar surface area (TPSA) is 72.3 Å². The highest BCUT2D eigenvalue weighted by Gasteiger charge is 2.33. The molecule has 3 heterocycles. The first-order valence-electron chi connectivity index (χ1n) is 6.90. The van der Waals surface area contributed by atoms with Gasteiger partial charge in [0.05, 0.1) is 11.9 Å². The number of nitrogens with zero attached hydrogens (tertiary/aromatic N) is 5. The molecular formula is C15H9F3N6. The van der Waals surface area contributed by atoms with E-state index in [0.717, 1.165) is 11.6 Å². The maximum atomic E-state index is 12.6. The van der Waals surface area contributed by atoms with Crippen LogP contribution in [0.15, 0.2) is 49.1 Å². The highest BCUT2D eigenvalue weighted by atomic mass is 19.4. The molecule has 0 aliphatic carbocycles. The summed E-state index contributed by atoms with van der Waals surface area (Å²) in [6.45, 7) is 0. The Morgan fingerprint density at radius 3 is 2.50 bits per heavy atom. The zero-order chi connectivity index (χ0) is 16.7. The van der Waals surface area contributed by atoms with Crippen molar-refractivity contribution in [3.05, 3.63) is 54.7 Å². The van der Waals surface area contributed by atoms with E-state index in [1.54, 1.807) is 30.5 Å². The molecule has 0 saturated heterocycles. The van der Waals surface area contributed by atoms with Crippen LogP contribution in [-0.4, -0.2) is 29.7 Å². The van der Waals surface area contributed by atoms with E-state index in [1.807, 2.05) is 0 Å². The van der Waals surface area contributed by atoms with Gasteiger partial charge in [0.25, 0.3) is 0 Å². The first kappa shape index (κ1) is 14.4. The van der Waals surface area contributed by atoms with Crippen molar-refractivity contribution in [1.29, 1.82) is 0 Å². The normalized spacial score (nSPS) is 12.0. The lowest BCUT2D eigenvalue weighted by molar-refractivity contribution is -0.141. The maximum absolute atomic E-state index is 12.6. The van der Waals surface area contributed by atoms with Gasteiger partial charge < -0.3 is 4.98 Å². The summed E-state index contributed by atoms with van der Waals surface area (Å²) in [4.78, 5) is 15.4. The van der Waals surface area contributed by atoms with E-state index in [9.17, 15) is 13.2 Å². The molecule has 0 saturated carbocycles. The average Bonchev–Trinajstić information content (AvgIpc) is 3.21. The van der Waals surface area contributed by atoms with Gasteiger partial charge in [-0.1, -0.05) is 0 Å². The van der Waals surface area contributed by atoms with Crippen LogP contribution < -0.4 is 0 Å². The molecule has 3 aromatic heterocycles. The second-order valence-electron chi connectivity index (χ2n) is 5.04. The number of imidazole rings is 1. The van der Waals surface area contributed by atoms with Crippen molar-refractivity contribution in [3.63, 3.8) is 0 Å². The zero-order valence-electron chi connectivity index (χ0n) is 12.0. The molecular weight excluding hydrogens is 321 g/mol. The molecule has 9 heteroatoms. The number of hydrogen-bond acceptors (Lipinski definition) is 4. The van der Waals surface area contributed by atoms with E-state index in [4.69, 9.17) is 0 Å². The Hall–Kier alpha value is -3.23. The minimum absolute atomic E-state index is 0.519. The van der Waals surface area contributed by atoms with Crippen LogP contribution in [0.2, 0.25) is 0 Å². The van der Waals surface area contributed by atoms with Gasteiger partial charge in [-0.25, -0.2) is 19.6 Å². The number of hydrogen-bond donors (Lipinski definition) is 1. The van der Waals surface area contributed by atoms with Crippen LogP contribution in [0.25, 0.3) is 28.2 Å². The smallest absolute Gasteiger partial charge is 0.335 e. The number of benzene rings is 1. The number of alkyl halides is 3. The van der Waals surface area contributed by atoms with Gasteiger partial charge in [0.1, 0.15) is 17.7 Å². The van der Waals surface area contributed by atoms with E-state index in [0.29, 0.717) is 22.7 Å². The largest absolute Gasteiger partial charge is 0.435 e. The van der Waals surface area contributed by atoms with Crippen LogP contribution in [0.3, 0.4) is 0 Å². The summed E-state index contributed by atoms with van der Waals surface area (Å²) in [5.74, 6) is 0.605. The van der Waals surface area contributed by atoms with Gasteiger partial charge in [0.2, 0.25) is 0 Å². The van der Waals surface area contributed by atoms with Crippen molar-refractivity contribution in [2.24, 2.45) is 0 Å². The summed E-state index contributed by atoms with van der Waals surface area (Å²) in [6.07, 6.45) is -0.156. The number of fused-ring (bicyclic) bond motifs is 1. The van der Waals surface area contributed by atoms with Crippen LogP contribution in [0.5, 0.6) is 0 Å². The molecule has 0 amide bonds. The molecule has 4 rings (SSSR count). The van der Waals surface area contributed by atoms with Gasteiger partial charge >= 0.3 is 6.18 Å². The average molecular weight is 330 g/mol. The number of nitrogens with one attached hydrogen (secondary N) is 1. The third kappa shape index (κ3) is 2.49. The molecule has 0 fully saturated rings. The van der Waals surface area contributed by atoms with Crippen LogP contribution in [0.4, 0.5) is 13.2 Å². The Kier molecular flexibility index (Phi) is 3.08. The first-order valence-corrected chi connectivity index (χ1v) is 6.90. The van der Waals surface area contributed by atoms with Gasteiger partial charge in [-0.05, 0) is 30.3 Å². The minimum Gasteiger partial charge on any atom is -0.335 e. The van der Waals surface area contributed by atoms with Crippen LogP contribution in [0, 0.1) is 0 Å². The Balaban J connectivity index is 1.66. The lowest BCUT2D eigenvalue weighted by Crippen LogP contribution is -2.07. The molecule has 0 unspecified atom stereocenters. The van der Waals surface area contributed by atoms with Crippen LogP contribution in [-0.2, 0) is 6.18 Å². The molecule has 0 atom stereocenters. The lowest BCUT2D eigenvalue weighted by Gasteiger charge is -2.04. The summed E-state index contributed by atoms with van der Waals surface area (Å²) in [5, 5.41) is 3.54. The monoisotopic (exact) mass is 330 g/mol. The fourth-order valence-electron chi connectivity index (χ4n) is 2.29. The van der Waals surface area contributed by atoms with Crippen molar-refractivity contribution >= 4 is 11.2 Å². The van der Waals surface area contributed by atoms with E-state index < -0.39 is 11.9 Å². The van der Waals surface area contributed by atoms with Gasteiger partial charge in [-0.2, -0.15) is 18.3 Å². The molecule has 1 N–H and O–H groups in total. The van der Waals surface area contributed by atoms with Gasteiger partial charge in [0.15, 0.2) is 11.3 Å². The van der Waals surface area contributed by atoms with Gasteiger partial charge in [0, 0.05) is 11.8 Å². The van der Waals surface area contributed by atoms with Crippen LogP contribution >= 0.6 is 0 Å². The predicted octanol–water partition coefficient (Wildman–Crippen LogP) is 3.22. The van der Waals surface area contributed by atoms with Gasteiger partial charge in [-0.3, -0.25) is 0 Å². The number of aromatic amines is 1. The van der Waals surface area contributed by atoms with Gasteiger partial charge in [-0.15, -0.1) is 0 Å². The molecule has 1 aromatic carbocycles. The third-order valence-electron chi connectivity index (χ3n) is 3.45. The molecule has 120 valence electrons. The molecule has 0 aliphatic rings. The fourth-order valence-corrected chi connectivity index (χ4v) is 2.29. The molecule has 6 nitrogen and oxygen atoms in total. The Labute approximate surface area is 133 Å². The number of halogens is 3. The third-order valence-corrected chi connectivity index (χ3v) is 3.45. The second kappa shape index (κ2) is 5.15. The summed E-state index contributed by atoms with van der Waals surface area (Å²) < 4.78 is 39.0. The number of aromatic nitrogens is 6. The van der Waals surface area contributed by atoms with E-state index in [2.05, 4.69) is 25.0 Å². The molecule has 0 spiro atoms. The van der Waals surface area contributed by atoms with Crippen LogP contribution in [0.1, 0.15) is 5.69 Å². The van der Waals surface area contributed by atoms with E-state index in [-0.39, 0.29) is 0 Å². The lowest BCUT2D eigenvalue weighted by atomic mass is 10.2. The molecule has 24 heavy (non-hydrogen) atoms. The fraction of sp³-hybridized carbons (Fsp3) is 0.0667. The standard InChI is InChI=1S/C15H9F3N6/c16-15(17,18)12-5-6-24(23-12)10-3-1-9(2-4-10)13-21-11-7-19-8-20-14(11)22-13/h1-8H,(H,19,20,21,22). The number of rotatable bonds is 2. The summed E-state index contributed by atoms with van der Waals surface area (Å²) in [7, 11) is 0. The van der Waals surface area contributed by atoms with Crippen molar-refractivity contribution in [1.82, 2.24) is 29.7 Å². The van der Waals surface area contributed by atoms with E-state index >= 15 is 0 Å². The van der Waals surface area contributed by atoms with Crippen molar-refractivity contribution < 1.29 is 13.2 Å². The summed E-state index contributed by atoms with van der Waals surface area (Å²) >= 11 is 0. The number of H-pyrrole nitrogens is 1. The molecule has 4 aromatic rings. The highest BCUT2D eigenvalue weighted by Crippen LogP contribution is 2.28. The second-order valence-corrected chi connectivity index (χ2v) is 5.04. The Bertz CT molecular complexity index is 967. The highest BCUT2D eigenvalue weighted by molar-refractivity contribution is 5.74. The summed E-state index contributed by atoms with van der Waals surface area (Å²) in [6, 6.07) is 7.76. The summed E-state index contributed by atoms with van der Waals surface area (Å²) in [5.41, 5.74) is 1.62.